The molecule has 0 radical (unpaired) electrons. The molecule has 2 fully saturated rings. The van der Waals surface area contributed by atoms with Crippen molar-refractivity contribution in [3.63, 3.8) is 0 Å². The monoisotopic (exact) mass is 392 g/mol. The largest absolute Gasteiger partial charge is 0.464 e. The summed E-state index contributed by atoms with van der Waals surface area (Å²) >= 11 is 0. The van der Waals surface area contributed by atoms with E-state index in [9.17, 15) is 9.59 Å². The normalized spacial score (nSPS) is 21.0. The van der Waals surface area contributed by atoms with Crippen LogP contribution in [-0.4, -0.2) is 49.6 Å². The Morgan fingerprint density at radius 1 is 1.10 bits per heavy atom. The number of imide groups is 1. The highest BCUT2D eigenvalue weighted by atomic mass is 16.5. The summed E-state index contributed by atoms with van der Waals surface area (Å²) in [5.41, 5.74) is 2.95. The number of piperidine rings is 1. The molecule has 0 saturated carbocycles. The minimum Gasteiger partial charge on any atom is -0.464 e. The van der Waals surface area contributed by atoms with Gasteiger partial charge in [-0.05, 0) is 35.2 Å². The molecule has 0 spiro atoms. The summed E-state index contributed by atoms with van der Waals surface area (Å²) < 4.78 is 11.2. The number of carbonyl (C=O) groups excluding carboxylic acids is 2. The Morgan fingerprint density at radius 3 is 2.79 bits per heavy atom. The smallest absolute Gasteiger partial charge is 0.234 e. The van der Waals surface area contributed by atoms with E-state index in [1.165, 1.54) is 5.56 Å². The van der Waals surface area contributed by atoms with Gasteiger partial charge in [0.1, 0.15) is 5.58 Å². The Morgan fingerprint density at radius 2 is 1.97 bits per heavy atom. The van der Waals surface area contributed by atoms with Crippen LogP contribution in [0.15, 0.2) is 41.0 Å². The molecule has 2 aromatic carbocycles. The number of amides is 2. The molecule has 1 aromatic heterocycles. The highest BCUT2D eigenvalue weighted by Crippen LogP contribution is 2.37. The maximum absolute atomic E-state index is 12.4. The number of hydrogen-bond acceptors (Lipinski definition) is 5. The third-order valence-corrected chi connectivity index (χ3v) is 6.08. The maximum atomic E-state index is 12.4. The summed E-state index contributed by atoms with van der Waals surface area (Å²) in [5, 5.41) is 5.67. The second-order valence-electron chi connectivity index (χ2n) is 7.89. The zero-order valence-electron chi connectivity index (χ0n) is 16.3. The molecule has 0 aliphatic carbocycles. The minimum absolute atomic E-state index is 0.200. The SMILES string of the molecule is O=C1CC[C@@H](c2coc3ccc4cc(CCN5CCOCC5)ccc4c23)C(=O)N1. The molecule has 5 rings (SSSR count). The van der Waals surface area contributed by atoms with Crippen molar-refractivity contribution in [2.75, 3.05) is 32.8 Å². The second-order valence-corrected chi connectivity index (χ2v) is 7.89. The molecular formula is C23H24N2O4. The fourth-order valence-corrected chi connectivity index (χ4v) is 4.46. The van der Waals surface area contributed by atoms with Crippen molar-refractivity contribution in [3.8, 4) is 0 Å². The number of morpholine rings is 1. The van der Waals surface area contributed by atoms with Crippen LogP contribution >= 0.6 is 0 Å². The fourth-order valence-electron chi connectivity index (χ4n) is 4.46. The molecular weight excluding hydrogens is 368 g/mol. The van der Waals surface area contributed by atoms with Gasteiger partial charge in [-0.2, -0.15) is 0 Å². The summed E-state index contributed by atoms with van der Waals surface area (Å²) in [6.07, 6.45) is 3.56. The molecule has 150 valence electrons. The Labute approximate surface area is 168 Å². The molecule has 3 heterocycles. The lowest BCUT2D eigenvalue weighted by molar-refractivity contribution is -0.134. The maximum Gasteiger partial charge on any atom is 0.234 e. The zero-order chi connectivity index (χ0) is 19.8. The van der Waals surface area contributed by atoms with Gasteiger partial charge in [0.05, 0.1) is 25.4 Å². The van der Waals surface area contributed by atoms with Crippen LogP contribution in [0.5, 0.6) is 0 Å². The quantitative estimate of drug-likeness (QED) is 0.691. The number of nitrogens with zero attached hydrogens (tertiary/aromatic N) is 1. The Bertz CT molecular complexity index is 1080. The van der Waals surface area contributed by atoms with E-state index in [1.807, 2.05) is 6.07 Å². The van der Waals surface area contributed by atoms with Crippen LogP contribution in [0.3, 0.4) is 0 Å². The molecule has 2 amide bonds. The zero-order valence-corrected chi connectivity index (χ0v) is 16.3. The molecule has 2 aliphatic heterocycles. The molecule has 1 atom stereocenters. The molecule has 6 heteroatoms. The van der Waals surface area contributed by atoms with Crippen LogP contribution in [0.2, 0.25) is 0 Å². The molecule has 29 heavy (non-hydrogen) atoms. The van der Waals surface area contributed by atoms with E-state index >= 15 is 0 Å². The first-order chi connectivity index (χ1) is 14.2. The van der Waals surface area contributed by atoms with Gasteiger partial charge in [0.25, 0.3) is 0 Å². The van der Waals surface area contributed by atoms with Gasteiger partial charge in [0.2, 0.25) is 11.8 Å². The van der Waals surface area contributed by atoms with Gasteiger partial charge in [-0.15, -0.1) is 0 Å². The van der Waals surface area contributed by atoms with Crippen molar-refractivity contribution in [2.45, 2.75) is 25.2 Å². The predicted molar refractivity (Wildman–Crippen MR) is 110 cm³/mol. The third-order valence-electron chi connectivity index (χ3n) is 6.08. The number of carbonyl (C=O) groups is 2. The minimum atomic E-state index is -0.347. The van der Waals surface area contributed by atoms with Crippen molar-refractivity contribution < 1.29 is 18.7 Å². The topological polar surface area (TPSA) is 71.8 Å². The first-order valence-corrected chi connectivity index (χ1v) is 10.3. The number of benzene rings is 2. The van der Waals surface area contributed by atoms with E-state index < -0.39 is 0 Å². The highest BCUT2D eigenvalue weighted by molar-refractivity contribution is 6.10. The number of furan rings is 1. The fraction of sp³-hybridized carbons (Fsp3) is 0.391. The lowest BCUT2D eigenvalue weighted by Crippen LogP contribution is -2.39. The van der Waals surface area contributed by atoms with Crippen LogP contribution in [0.4, 0.5) is 0 Å². The average molecular weight is 392 g/mol. The van der Waals surface area contributed by atoms with Crippen molar-refractivity contribution in [1.29, 1.82) is 0 Å². The van der Waals surface area contributed by atoms with Crippen molar-refractivity contribution >= 4 is 33.6 Å². The standard InChI is InChI=1S/C23H24N2O4/c26-21-6-4-18(23(27)24-21)19-14-29-20-5-2-16-13-15(1-3-17(16)22(19)20)7-8-25-9-11-28-12-10-25/h1-3,5,13-14,18H,4,6-12H2,(H,24,26,27)/t18-/m0/s1. The second kappa shape index (κ2) is 7.61. The summed E-state index contributed by atoms with van der Waals surface area (Å²) in [7, 11) is 0. The molecule has 6 nitrogen and oxygen atoms in total. The molecule has 0 bridgehead atoms. The Balaban J connectivity index is 1.45. The van der Waals surface area contributed by atoms with Crippen LogP contribution in [-0.2, 0) is 20.7 Å². The van der Waals surface area contributed by atoms with E-state index in [4.69, 9.17) is 9.15 Å². The summed E-state index contributed by atoms with van der Waals surface area (Å²) in [4.78, 5) is 26.3. The van der Waals surface area contributed by atoms with Crippen LogP contribution in [0.25, 0.3) is 21.7 Å². The number of nitrogens with one attached hydrogen (secondary N) is 1. The first-order valence-electron chi connectivity index (χ1n) is 10.3. The first kappa shape index (κ1) is 18.3. The van der Waals surface area contributed by atoms with Crippen molar-refractivity contribution in [1.82, 2.24) is 10.2 Å². The van der Waals surface area contributed by atoms with Crippen LogP contribution < -0.4 is 5.32 Å². The van der Waals surface area contributed by atoms with E-state index in [1.54, 1.807) is 6.26 Å². The Kier molecular flexibility index (Phi) is 4.81. The average Bonchev–Trinajstić information content (AvgIpc) is 3.17. The Hall–Kier alpha value is -2.70. The highest BCUT2D eigenvalue weighted by Gasteiger charge is 2.30. The van der Waals surface area contributed by atoms with E-state index in [0.717, 1.165) is 66.6 Å². The molecule has 3 aromatic rings. The predicted octanol–water partition coefficient (Wildman–Crippen LogP) is 2.98. The van der Waals surface area contributed by atoms with E-state index in [-0.39, 0.29) is 17.7 Å². The van der Waals surface area contributed by atoms with Gasteiger partial charge in [-0.25, -0.2) is 0 Å². The van der Waals surface area contributed by atoms with Crippen LogP contribution in [0.1, 0.15) is 29.9 Å². The lowest BCUT2D eigenvalue weighted by Gasteiger charge is -2.26. The summed E-state index contributed by atoms with van der Waals surface area (Å²) in [6.45, 7) is 4.67. The van der Waals surface area contributed by atoms with Gasteiger partial charge >= 0.3 is 0 Å². The third kappa shape index (κ3) is 3.54. The number of rotatable bonds is 4. The van der Waals surface area contributed by atoms with Gasteiger partial charge < -0.3 is 9.15 Å². The lowest BCUT2D eigenvalue weighted by atomic mass is 9.88. The number of hydrogen-bond donors (Lipinski definition) is 1. The summed E-state index contributed by atoms with van der Waals surface area (Å²) in [6, 6.07) is 10.6. The number of ether oxygens (including phenoxy) is 1. The van der Waals surface area contributed by atoms with E-state index in [2.05, 4.69) is 34.5 Å². The van der Waals surface area contributed by atoms with Gasteiger partial charge in [-0.3, -0.25) is 19.8 Å². The van der Waals surface area contributed by atoms with Gasteiger partial charge in [-0.1, -0.05) is 24.3 Å². The summed E-state index contributed by atoms with van der Waals surface area (Å²) in [5.74, 6) is -0.780. The van der Waals surface area contributed by atoms with E-state index in [0.29, 0.717) is 12.8 Å². The van der Waals surface area contributed by atoms with Crippen molar-refractivity contribution in [2.24, 2.45) is 0 Å². The van der Waals surface area contributed by atoms with Crippen molar-refractivity contribution in [3.05, 3.63) is 47.7 Å². The number of fused-ring (bicyclic) bond motifs is 3. The molecule has 2 aliphatic rings. The molecule has 1 N–H and O–H groups in total. The van der Waals surface area contributed by atoms with Crippen LogP contribution in [0, 0.1) is 0 Å². The molecule has 0 unspecified atom stereocenters. The van der Waals surface area contributed by atoms with Gasteiger partial charge in [0, 0.05) is 37.0 Å². The molecule has 2 saturated heterocycles. The van der Waals surface area contributed by atoms with Gasteiger partial charge in [0.15, 0.2) is 0 Å².